The smallest absolute Gasteiger partial charge is 0.253 e. The molecule has 0 spiro atoms. The minimum absolute atomic E-state index is 0.124. The highest BCUT2D eigenvalue weighted by molar-refractivity contribution is 9.09. The van der Waals surface area contributed by atoms with Crippen molar-refractivity contribution in [3.05, 3.63) is 35.9 Å². The number of hydrogen-bond donors (Lipinski definition) is 0. The van der Waals surface area contributed by atoms with Crippen LogP contribution in [-0.4, -0.2) is 29.2 Å². The first-order valence-electron chi connectivity index (χ1n) is 5.20. The third-order valence-corrected chi connectivity index (χ3v) is 2.81. The summed E-state index contributed by atoms with van der Waals surface area (Å²) in [4.78, 5) is 13.9. The molecule has 2 nitrogen and oxygen atoms in total. The normalized spacial score (nSPS) is 10.0. The van der Waals surface area contributed by atoms with Crippen LogP contribution in [0.5, 0.6) is 0 Å². The largest absolute Gasteiger partial charge is 0.339 e. The fourth-order valence-corrected chi connectivity index (χ4v) is 1.67. The molecule has 0 aliphatic heterocycles. The Balaban J connectivity index is 2.65. The number of carbonyl (C=O) groups is 1. The molecule has 1 rings (SSSR count). The molecule has 1 aromatic carbocycles. The quantitative estimate of drug-likeness (QED) is 0.753. The number of nitrogens with zero attached hydrogens (tertiary/aromatic N) is 1. The van der Waals surface area contributed by atoms with Crippen molar-refractivity contribution >= 4 is 21.8 Å². The van der Waals surface area contributed by atoms with Crippen molar-refractivity contribution in [2.75, 3.05) is 18.4 Å². The Morgan fingerprint density at radius 1 is 1.33 bits per heavy atom. The van der Waals surface area contributed by atoms with E-state index in [0.717, 1.165) is 30.4 Å². The molecule has 1 amide bonds. The third-order valence-electron chi connectivity index (χ3n) is 2.25. The summed E-state index contributed by atoms with van der Waals surface area (Å²) in [5, 5.41) is 0.936. The van der Waals surface area contributed by atoms with Gasteiger partial charge >= 0.3 is 0 Å². The maximum Gasteiger partial charge on any atom is 0.253 e. The molecular weight excluding hydrogens is 254 g/mol. The molecule has 0 saturated heterocycles. The number of carbonyl (C=O) groups excluding carboxylic acids is 1. The zero-order valence-corrected chi connectivity index (χ0v) is 10.5. The van der Waals surface area contributed by atoms with Crippen LogP contribution in [0.1, 0.15) is 23.7 Å². The molecular formula is C12H16BrNO. The van der Waals surface area contributed by atoms with Gasteiger partial charge in [0.25, 0.3) is 5.91 Å². The van der Waals surface area contributed by atoms with Gasteiger partial charge in [-0.25, -0.2) is 0 Å². The molecule has 82 valence electrons. The molecule has 0 aliphatic carbocycles. The van der Waals surface area contributed by atoms with Crippen LogP contribution < -0.4 is 0 Å². The second-order valence-electron chi connectivity index (χ2n) is 3.29. The van der Waals surface area contributed by atoms with Crippen LogP contribution in [0.2, 0.25) is 0 Å². The van der Waals surface area contributed by atoms with Gasteiger partial charge in [0.2, 0.25) is 0 Å². The maximum atomic E-state index is 12.0. The van der Waals surface area contributed by atoms with Gasteiger partial charge in [-0.05, 0) is 25.5 Å². The summed E-state index contributed by atoms with van der Waals surface area (Å²) in [7, 11) is 0. The van der Waals surface area contributed by atoms with Crippen LogP contribution in [-0.2, 0) is 0 Å². The van der Waals surface area contributed by atoms with E-state index >= 15 is 0 Å². The van der Waals surface area contributed by atoms with E-state index in [4.69, 9.17) is 0 Å². The van der Waals surface area contributed by atoms with Crippen LogP contribution in [0, 0.1) is 0 Å². The minimum Gasteiger partial charge on any atom is -0.339 e. The molecule has 0 aliphatic rings. The summed E-state index contributed by atoms with van der Waals surface area (Å²) in [5.41, 5.74) is 0.772. The molecule has 0 aromatic heterocycles. The summed E-state index contributed by atoms with van der Waals surface area (Å²) in [6.45, 7) is 3.59. The lowest BCUT2D eigenvalue weighted by atomic mass is 10.2. The van der Waals surface area contributed by atoms with Gasteiger partial charge in [-0.3, -0.25) is 4.79 Å². The standard InChI is InChI=1S/C12H16BrNO/c1-2-14(10-6-9-13)12(15)11-7-4-3-5-8-11/h3-5,7-8H,2,6,9-10H2,1H3. The van der Waals surface area contributed by atoms with Crippen molar-refractivity contribution in [3.8, 4) is 0 Å². The summed E-state index contributed by atoms with van der Waals surface area (Å²) in [5.74, 6) is 0.124. The Bertz CT molecular complexity index is 300. The number of hydrogen-bond acceptors (Lipinski definition) is 1. The van der Waals surface area contributed by atoms with Gasteiger partial charge in [-0.15, -0.1) is 0 Å². The molecule has 0 heterocycles. The van der Waals surface area contributed by atoms with Crippen molar-refractivity contribution in [3.63, 3.8) is 0 Å². The molecule has 1 aromatic rings. The van der Waals surface area contributed by atoms with E-state index in [0.29, 0.717) is 0 Å². The Morgan fingerprint density at radius 2 is 2.00 bits per heavy atom. The van der Waals surface area contributed by atoms with E-state index in [1.807, 2.05) is 42.2 Å². The summed E-state index contributed by atoms with van der Waals surface area (Å²) in [6.07, 6.45) is 0.992. The Hall–Kier alpha value is -0.830. The van der Waals surface area contributed by atoms with Crippen molar-refractivity contribution < 1.29 is 4.79 Å². The van der Waals surface area contributed by atoms with Crippen LogP contribution >= 0.6 is 15.9 Å². The van der Waals surface area contributed by atoms with Crippen molar-refractivity contribution in [1.82, 2.24) is 4.90 Å². The lowest BCUT2D eigenvalue weighted by Gasteiger charge is -2.20. The highest BCUT2D eigenvalue weighted by atomic mass is 79.9. The Labute approximate surface area is 99.4 Å². The highest BCUT2D eigenvalue weighted by Crippen LogP contribution is 2.05. The van der Waals surface area contributed by atoms with Gasteiger partial charge in [0, 0.05) is 24.0 Å². The predicted octanol–water partition coefficient (Wildman–Crippen LogP) is 2.93. The highest BCUT2D eigenvalue weighted by Gasteiger charge is 2.12. The first-order valence-corrected chi connectivity index (χ1v) is 6.32. The summed E-state index contributed by atoms with van der Waals surface area (Å²) in [6, 6.07) is 9.43. The molecule has 0 atom stereocenters. The van der Waals surface area contributed by atoms with Gasteiger partial charge in [-0.2, -0.15) is 0 Å². The second kappa shape index (κ2) is 6.62. The van der Waals surface area contributed by atoms with E-state index in [-0.39, 0.29) is 5.91 Å². The zero-order chi connectivity index (χ0) is 11.1. The molecule has 0 fully saturated rings. The maximum absolute atomic E-state index is 12.0. The number of amides is 1. The molecule has 15 heavy (non-hydrogen) atoms. The third kappa shape index (κ3) is 3.67. The Morgan fingerprint density at radius 3 is 2.53 bits per heavy atom. The van der Waals surface area contributed by atoms with Crippen LogP contribution in [0.4, 0.5) is 0 Å². The number of alkyl halides is 1. The fourth-order valence-electron chi connectivity index (χ4n) is 1.42. The molecule has 0 N–H and O–H groups in total. The zero-order valence-electron chi connectivity index (χ0n) is 8.95. The van der Waals surface area contributed by atoms with Gasteiger partial charge < -0.3 is 4.90 Å². The monoisotopic (exact) mass is 269 g/mol. The van der Waals surface area contributed by atoms with E-state index in [2.05, 4.69) is 15.9 Å². The van der Waals surface area contributed by atoms with Crippen molar-refractivity contribution in [2.24, 2.45) is 0 Å². The number of benzene rings is 1. The van der Waals surface area contributed by atoms with Gasteiger partial charge in [-0.1, -0.05) is 34.1 Å². The SMILES string of the molecule is CCN(CCCBr)C(=O)c1ccccc1. The number of rotatable bonds is 5. The predicted molar refractivity (Wildman–Crippen MR) is 66.4 cm³/mol. The topological polar surface area (TPSA) is 20.3 Å². The molecule has 0 radical (unpaired) electrons. The summed E-state index contributed by atoms with van der Waals surface area (Å²) < 4.78 is 0. The number of halogens is 1. The molecule has 0 unspecified atom stereocenters. The first-order chi connectivity index (χ1) is 7.29. The second-order valence-corrected chi connectivity index (χ2v) is 4.09. The van der Waals surface area contributed by atoms with Gasteiger partial charge in [0.15, 0.2) is 0 Å². The van der Waals surface area contributed by atoms with Gasteiger partial charge in [0.05, 0.1) is 0 Å². The summed E-state index contributed by atoms with van der Waals surface area (Å²) >= 11 is 3.37. The van der Waals surface area contributed by atoms with E-state index in [1.165, 1.54) is 0 Å². The Kier molecular flexibility index (Phi) is 5.40. The van der Waals surface area contributed by atoms with Crippen molar-refractivity contribution in [2.45, 2.75) is 13.3 Å². The fraction of sp³-hybridized carbons (Fsp3) is 0.417. The first kappa shape index (κ1) is 12.2. The average molecular weight is 270 g/mol. The average Bonchev–Trinajstić information content (AvgIpc) is 2.31. The molecule has 3 heteroatoms. The lowest BCUT2D eigenvalue weighted by Crippen LogP contribution is -2.31. The van der Waals surface area contributed by atoms with Crippen LogP contribution in [0.25, 0.3) is 0 Å². The van der Waals surface area contributed by atoms with E-state index < -0.39 is 0 Å². The van der Waals surface area contributed by atoms with E-state index in [9.17, 15) is 4.79 Å². The van der Waals surface area contributed by atoms with Crippen LogP contribution in [0.15, 0.2) is 30.3 Å². The van der Waals surface area contributed by atoms with Crippen LogP contribution in [0.3, 0.4) is 0 Å². The molecule has 0 bridgehead atoms. The van der Waals surface area contributed by atoms with Gasteiger partial charge in [0.1, 0.15) is 0 Å². The van der Waals surface area contributed by atoms with Crippen molar-refractivity contribution in [1.29, 1.82) is 0 Å². The molecule has 0 saturated carbocycles. The lowest BCUT2D eigenvalue weighted by molar-refractivity contribution is 0.0765. The van der Waals surface area contributed by atoms with E-state index in [1.54, 1.807) is 0 Å². The minimum atomic E-state index is 0.124.